The van der Waals surface area contributed by atoms with Crippen LogP contribution in [0.4, 0.5) is 10.1 Å². The van der Waals surface area contributed by atoms with Gasteiger partial charge in [0.1, 0.15) is 5.82 Å². The highest BCUT2D eigenvalue weighted by Crippen LogP contribution is 2.20. The number of nitrogens with two attached hydrogens (primary N) is 1. The van der Waals surface area contributed by atoms with Crippen LogP contribution in [0.3, 0.4) is 0 Å². The molecule has 3 rings (SSSR count). The average molecular weight is 463 g/mol. The molecule has 0 bridgehead atoms. The van der Waals surface area contributed by atoms with E-state index in [0.717, 1.165) is 43.1 Å². The van der Waals surface area contributed by atoms with Gasteiger partial charge >= 0.3 is 0 Å². The van der Waals surface area contributed by atoms with Gasteiger partial charge in [-0.25, -0.2) is 17.5 Å². The SMILES string of the molecule is CCNS(=O)(=O)c1ccc(F)c(C(=O)Nc2ccc(CN3CCCC(C(N)=O)C3)cc2)c1. The Bertz CT molecular complexity index is 1090. The molecule has 0 aliphatic carbocycles. The van der Waals surface area contributed by atoms with E-state index in [1.54, 1.807) is 19.1 Å². The van der Waals surface area contributed by atoms with E-state index in [1.165, 1.54) is 0 Å². The third kappa shape index (κ3) is 5.90. The van der Waals surface area contributed by atoms with Gasteiger partial charge in [-0.3, -0.25) is 14.5 Å². The second kappa shape index (κ2) is 10.2. The van der Waals surface area contributed by atoms with Gasteiger partial charge in [0.25, 0.3) is 5.91 Å². The first-order chi connectivity index (χ1) is 15.2. The van der Waals surface area contributed by atoms with Gasteiger partial charge in [0, 0.05) is 25.3 Å². The van der Waals surface area contributed by atoms with Crippen LogP contribution in [0.25, 0.3) is 0 Å². The molecule has 0 radical (unpaired) electrons. The number of nitrogens with one attached hydrogen (secondary N) is 2. The van der Waals surface area contributed by atoms with Crippen LogP contribution in [-0.4, -0.2) is 44.8 Å². The zero-order valence-electron chi connectivity index (χ0n) is 17.8. The standard InChI is InChI=1S/C22H27FN4O4S/c1-2-25-32(30,31)18-9-10-20(23)19(12-18)22(29)26-17-7-5-15(6-8-17)13-27-11-3-4-16(14-27)21(24)28/h5-10,12,16,25H,2-4,11,13-14H2,1H3,(H2,24,28)(H,26,29). The molecule has 1 aliphatic rings. The Morgan fingerprint density at radius 1 is 1.19 bits per heavy atom. The molecule has 172 valence electrons. The molecular formula is C22H27FN4O4S. The highest BCUT2D eigenvalue weighted by Gasteiger charge is 2.24. The van der Waals surface area contributed by atoms with Gasteiger partial charge in [-0.2, -0.15) is 0 Å². The quantitative estimate of drug-likeness (QED) is 0.555. The summed E-state index contributed by atoms with van der Waals surface area (Å²) in [6, 6.07) is 10.2. The Balaban J connectivity index is 1.67. The van der Waals surface area contributed by atoms with E-state index in [2.05, 4.69) is 14.9 Å². The van der Waals surface area contributed by atoms with Crippen molar-refractivity contribution >= 4 is 27.5 Å². The first-order valence-electron chi connectivity index (χ1n) is 10.4. The Labute approximate surface area is 187 Å². The first-order valence-corrected chi connectivity index (χ1v) is 11.9. The van der Waals surface area contributed by atoms with Crippen molar-refractivity contribution in [2.75, 3.05) is 25.0 Å². The van der Waals surface area contributed by atoms with E-state index < -0.39 is 21.7 Å². The van der Waals surface area contributed by atoms with E-state index in [-0.39, 0.29) is 28.8 Å². The van der Waals surface area contributed by atoms with Gasteiger partial charge in [-0.05, 0) is 55.3 Å². The molecule has 8 nitrogen and oxygen atoms in total. The fourth-order valence-corrected chi connectivity index (χ4v) is 4.77. The number of benzene rings is 2. The monoisotopic (exact) mass is 462 g/mol. The fourth-order valence-electron chi connectivity index (χ4n) is 3.70. The number of carbonyl (C=O) groups is 2. The van der Waals surface area contributed by atoms with Crippen molar-refractivity contribution in [2.24, 2.45) is 11.7 Å². The topological polar surface area (TPSA) is 122 Å². The van der Waals surface area contributed by atoms with Crippen molar-refractivity contribution in [2.45, 2.75) is 31.2 Å². The van der Waals surface area contributed by atoms with Crippen LogP contribution in [0, 0.1) is 11.7 Å². The molecular weight excluding hydrogens is 435 g/mol. The second-order valence-electron chi connectivity index (χ2n) is 7.77. The summed E-state index contributed by atoms with van der Waals surface area (Å²) in [6.07, 6.45) is 1.72. The number of rotatable bonds is 8. The molecule has 0 aromatic heterocycles. The lowest BCUT2D eigenvalue weighted by atomic mass is 9.97. The maximum atomic E-state index is 14.2. The largest absolute Gasteiger partial charge is 0.369 e. The Morgan fingerprint density at radius 2 is 1.91 bits per heavy atom. The average Bonchev–Trinajstić information content (AvgIpc) is 2.75. The normalized spacial score (nSPS) is 17.1. The molecule has 2 amide bonds. The van der Waals surface area contributed by atoms with Crippen LogP contribution in [0.5, 0.6) is 0 Å². The molecule has 2 aromatic carbocycles. The van der Waals surface area contributed by atoms with Crippen molar-refractivity contribution in [1.29, 1.82) is 0 Å². The zero-order chi connectivity index (χ0) is 23.3. The van der Waals surface area contributed by atoms with Crippen molar-refractivity contribution in [1.82, 2.24) is 9.62 Å². The predicted molar refractivity (Wildman–Crippen MR) is 119 cm³/mol. The molecule has 1 saturated heterocycles. The summed E-state index contributed by atoms with van der Waals surface area (Å²) < 4.78 is 40.8. The van der Waals surface area contributed by atoms with Crippen molar-refractivity contribution in [3.8, 4) is 0 Å². The van der Waals surface area contributed by atoms with Crippen molar-refractivity contribution < 1.29 is 22.4 Å². The second-order valence-corrected chi connectivity index (χ2v) is 9.54. The van der Waals surface area contributed by atoms with Gasteiger partial charge in [-0.15, -0.1) is 0 Å². The Kier molecular flexibility index (Phi) is 7.60. The molecule has 0 saturated carbocycles. The van der Waals surface area contributed by atoms with Gasteiger partial charge < -0.3 is 11.1 Å². The number of hydrogen-bond donors (Lipinski definition) is 3. The summed E-state index contributed by atoms with van der Waals surface area (Å²) in [4.78, 5) is 26.0. The molecule has 1 aliphatic heterocycles. The summed E-state index contributed by atoms with van der Waals surface area (Å²) in [7, 11) is -3.82. The number of amides is 2. The van der Waals surface area contributed by atoms with Gasteiger partial charge in [0.05, 0.1) is 16.4 Å². The van der Waals surface area contributed by atoms with Crippen LogP contribution in [0.1, 0.15) is 35.7 Å². The smallest absolute Gasteiger partial charge is 0.258 e. The number of carbonyl (C=O) groups excluding carboxylic acids is 2. The lowest BCUT2D eigenvalue weighted by Crippen LogP contribution is -2.40. The lowest BCUT2D eigenvalue weighted by molar-refractivity contribution is -0.123. The number of piperidine rings is 1. The van der Waals surface area contributed by atoms with Crippen LogP contribution in [0.2, 0.25) is 0 Å². The summed E-state index contributed by atoms with van der Waals surface area (Å²) in [5.74, 6) is -1.97. The number of anilines is 1. The van der Waals surface area contributed by atoms with E-state index in [9.17, 15) is 22.4 Å². The van der Waals surface area contributed by atoms with E-state index >= 15 is 0 Å². The number of likely N-dealkylation sites (tertiary alicyclic amines) is 1. The highest BCUT2D eigenvalue weighted by molar-refractivity contribution is 7.89. The fraction of sp³-hybridized carbons (Fsp3) is 0.364. The maximum Gasteiger partial charge on any atom is 0.258 e. The van der Waals surface area contributed by atoms with E-state index in [1.807, 2.05) is 12.1 Å². The number of nitrogens with zero attached hydrogens (tertiary/aromatic N) is 1. The van der Waals surface area contributed by atoms with Gasteiger partial charge in [0.2, 0.25) is 15.9 Å². The number of sulfonamides is 1. The summed E-state index contributed by atoms with van der Waals surface area (Å²) in [6.45, 7) is 3.96. The van der Waals surface area contributed by atoms with E-state index in [4.69, 9.17) is 5.73 Å². The molecule has 1 atom stereocenters. The molecule has 1 heterocycles. The molecule has 1 unspecified atom stereocenters. The predicted octanol–water partition coefficient (Wildman–Crippen LogP) is 2.07. The van der Waals surface area contributed by atoms with Crippen LogP contribution >= 0.6 is 0 Å². The number of hydrogen-bond acceptors (Lipinski definition) is 5. The molecule has 0 spiro atoms. The third-order valence-electron chi connectivity index (χ3n) is 5.35. The zero-order valence-corrected chi connectivity index (χ0v) is 18.6. The minimum atomic E-state index is -3.82. The molecule has 1 fully saturated rings. The Morgan fingerprint density at radius 3 is 2.56 bits per heavy atom. The summed E-state index contributed by atoms with van der Waals surface area (Å²) >= 11 is 0. The maximum absolute atomic E-state index is 14.2. The summed E-state index contributed by atoms with van der Waals surface area (Å²) in [5.41, 5.74) is 6.51. The molecule has 4 N–H and O–H groups in total. The first kappa shape index (κ1) is 23.8. The Hall–Kier alpha value is -2.82. The minimum absolute atomic E-state index is 0.135. The minimum Gasteiger partial charge on any atom is -0.369 e. The lowest BCUT2D eigenvalue weighted by Gasteiger charge is -2.31. The van der Waals surface area contributed by atoms with Gasteiger partial charge in [0.15, 0.2) is 0 Å². The molecule has 10 heteroatoms. The van der Waals surface area contributed by atoms with Gasteiger partial charge in [-0.1, -0.05) is 19.1 Å². The third-order valence-corrected chi connectivity index (χ3v) is 6.90. The van der Waals surface area contributed by atoms with E-state index in [0.29, 0.717) is 18.8 Å². The van der Waals surface area contributed by atoms with Crippen LogP contribution < -0.4 is 15.8 Å². The molecule has 2 aromatic rings. The van der Waals surface area contributed by atoms with Crippen molar-refractivity contribution in [3.63, 3.8) is 0 Å². The highest BCUT2D eigenvalue weighted by atomic mass is 32.2. The van der Waals surface area contributed by atoms with Crippen molar-refractivity contribution in [3.05, 3.63) is 59.4 Å². The summed E-state index contributed by atoms with van der Waals surface area (Å²) in [5, 5.41) is 2.59. The van der Waals surface area contributed by atoms with Crippen LogP contribution in [-0.2, 0) is 21.4 Å². The molecule has 32 heavy (non-hydrogen) atoms. The number of primary amides is 1. The van der Waals surface area contributed by atoms with Crippen LogP contribution in [0.15, 0.2) is 47.4 Å². The number of halogens is 1.